The van der Waals surface area contributed by atoms with Gasteiger partial charge >= 0.3 is 0 Å². The molecule has 2 aromatic carbocycles. The molecule has 8 heteroatoms. The number of carbonyl (C=O) groups excluding carboxylic acids is 1. The fourth-order valence-electron chi connectivity index (χ4n) is 3.60. The van der Waals surface area contributed by atoms with E-state index in [-0.39, 0.29) is 18.0 Å². The molecule has 0 atom stereocenters. The quantitative estimate of drug-likeness (QED) is 0.465. The second-order valence-corrected chi connectivity index (χ2v) is 8.43. The summed E-state index contributed by atoms with van der Waals surface area (Å²) in [5, 5.41) is 3.39. The molecule has 0 spiro atoms. The van der Waals surface area contributed by atoms with Gasteiger partial charge in [0.2, 0.25) is 5.91 Å². The molecule has 0 saturated heterocycles. The maximum Gasteiger partial charge on any atom is 0.263 e. The zero-order valence-electron chi connectivity index (χ0n) is 18.0. The maximum absolute atomic E-state index is 13.2. The summed E-state index contributed by atoms with van der Waals surface area (Å²) in [6.45, 7) is 2.17. The normalized spacial score (nSPS) is 10.8. The summed E-state index contributed by atoms with van der Waals surface area (Å²) >= 11 is 1.48. The van der Waals surface area contributed by atoms with Crippen LogP contribution in [0.4, 0.5) is 0 Å². The van der Waals surface area contributed by atoms with E-state index in [0.717, 1.165) is 21.6 Å². The van der Waals surface area contributed by atoms with Gasteiger partial charge in [0.25, 0.3) is 5.56 Å². The lowest BCUT2D eigenvalue weighted by molar-refractivity contribution is -0.121. The number of aromatic nitrogens is 2. The van der Waals surface area contributed by atoms with Crippen LogP contribution in [0.15, 0.2) is 59.7 Å². The first-order valence-corrected chi connectivity index (χ1v) is 10.8. The first-order valence-electron chi connectivity index (χ1n) is 10.0. The van der Waals surface area contributed by atoms with Crippen LogP contribution in [0.5, 0.6) is 11.5 Å². The molecule has 0 radical (unpaired) electrons. The van der Waals surface area contributed by atoms with Crippen LogP contribution in [-0.4, -0.2) is 29.7 Å². The third-order valence-electron chi connectivity index (χ3n) is 5.17. The van der Waals surface area contributed by atoms with E-state index in [2.05, 4.69) is 10.3 Å². The number of nitrogens with one attached hydrogen (secondary N) is 1. The van der Waals surface area contributed by atoms with E-state index >= 15 is 0 Å². The van der Waals surface area contributed by atoms with Crippen LogP contribution in [0.25, 0.3) is 21.3 Å². The summed E-state index contributed by atoms with van der Waals surface area (Å²) < 4.78 is 11.9. The lowest BCUT2D eigenvalue weighted by Gasteiger charge is -2.11. The van der Waals surface area contributed by atoms with Gasteiger partial charge in [-0.3, -0.25) is 14.2 Å². The van der Waals surface area contributed by atoms with E-state index < -0.39 is 0 Å². The van der Waals surface area contributed by atoms with Gasteiger partial charge in [0.05, 0.1) is 25.9 Å². The molecule has 0 bridgehead atoms. The number of ether oxygens (including phenoxy) is 2. The molecular weight excluding hydrogens is 426 g/mol. The highest BCUT2D eigenvalue weighted by Gasteiger charge is 2.17. The van der Waals surface area contributed by atoms with Crippen LogP contribution in [0.3, 0.4) is 0 Å². The van der Waals surface area contributed by atoms with E-state index in [1.54, 1.807) is 26.4 Å². The minimum absolute atomic E-state index is 0.113. The first kappa shape index (κ1) is 21.6. The number of carbonyl (C=O) groups is 1. The van der Waals surface area contributed by atoms with Gasteiger partial charge in [-0.2, -0.15) is 0 Å². The summed E-state index contributed by atoms with van der Waals surface area (Å²) in [4.78, 5) is 31.9. The van der Waals surface area contributed by atoms with Crippen molar-refractivity contribution in [2.24, 2.45) is 0 Å². The van der Waals surface area contributed by atoms with Crippen LogP contribution in [-0.2, 0) is 17.9 Å². The molecule has 4 aromatic rings. The monoisotopic (exact) mass is 449 g/mol. The second kappa shape index (κ2) is 9.23. The van der Waals surface area contributed by atoms with Crippen molar-refractivity contribution < 1.29 is 14.3 Å². The summed E-state index contributed by atoms with van der Waals surface area (Å²) in [7, 11) is 3.13. The Balaban J connectivity index is 1.55. The third-order valence-corrected chi connectivity index (χ3v) is 6.18. The van der Waals surface area contributed by atoms with Gasteiger partial charge in [-0.1, -0.05) is 36.4 Å². The Hall–Kier alpha value is -3.65. The minimum Gasteiger partial charge on any atom is -0.493 e. The molecule has 0 aliphatic carbocycles. The van der Waals surface area contributed by atoms with Gasteiger partial charge in [-0.05, 0) is 30.2 Å². The average Bonchev–Trinajstić information content (AvgIpc) is 3.16. The number of amides is 1. The van der Waals surface area contributed by atoms with Gasteiger partial charge in [-0.15, -0.1) is 11.3 Å². The zero-order chi connectivity index (χ0) is 22.7. The van der Waals surface area contributed by atoms with Gasteiger partial charge in [0.1, 0.15) is 11.4 Å². The van der Waals surface area contributed by atoms with Crippen molar-refractivity contribution in [2.45, 2.75) is 20.0 Å². The highest BCUT2D eigenvalue weighted by Crippen LogP contribution is 2.35. The predicted molar refractivity (Wildman–Crippen MR) is 125 cm³/mol. The van der Waals surface area contributed by atoms with Crippen molar-refractivity contribution in [3.8, 4) is 22.6 Å². The van der Waals surface area contributed by atoms with Crippen molar-refractivity contribution >= 4 is 27.5 Å². The molecule has 0 aliphatic rings. The number of rotatable bonds is 7. The van der Waals surface area contributed by atoms with Crippen LogP contribution >= 0.6 is 11.3 Å². The lowest BCUT2D eigenvalue weighted by atomic mass is 10.0. The smallest absolute Gasteiger partial charge is 0.263 e. The van der Waals surface area contributed by atoms with Gasteiger partial charge < -0.3 is 14.8 Å². The number of nitrogens with zero attached hydrogens (tertiary/aromatic N) is 2. The molecule has 2 heterocycles. The van der Waals surface area contributed by atoms with Crippen molar-refractivity contribution in [3.63, 3.8) is 0 Å². The van der Waals surface area contributed by atoms with Crippen molar-refractivity contribution in [1.29, 1.82) is 0 Å². The Morgan fingerprint density at radius 2 is 1.84 bits per heavy atom. The lowest BCUT2D eigenvalue weighted by Crippen LogP contribution is -2.32. The fourth-order valence-corrected chi connectivity index (χ4v) is 4.61. The topological polar surface area (TPSA) is 82.5 Å². The summed E-state index contributed by atoms with van der Waals surface area (Å²) in [5.74, 6) is 0.927. The molecule has 1 amide bonds. The van der Waals surface area contributed by atoms with Gasteiger partial charge in [-0.25, -0.2) is 4.98 Å². The van der Waals surface area contributed by atoms with Gasteiger partial charge in [0.15, 0.2) is 11.5 Å². The summed E-state index contributed by atoms with van der Waals surface area (Å²) in [6, 6.07) is 15.2. The Morgan fingerprint density at radius 1 is 1.09 bits per heavy atom. The zero-order valence-corrected chi connectivity index (χ0v) is 18.9. The van der Waals surface area contributed by atoms with Gasteiger partial charge in [0, 0.05) is 17.0 Å². The second-order valence-electron chi connectivity index (χ2n) is 7.22. The molecular formula is C24H23N3O4S. The van der Waals surface area contributed by atoms with E-state index in [4.69, 9.17) is 9.47 Å². The standard InChI is InChI=1S/C24H23N3O4S/c1-15-21(17-7-5-4-6-8-17)22-23(32-15)26-14-27(24(22)29)13-20(28)25-12-16-9-10-18(30-2)19(11-16)31-3/h4-11,14H,12-13H2,1-3H3,(H,25,28). The number of thiophene rings is 1. The van der Waals surface area contributed by atoms with Crippen LogP contribution in [0.2, 0.25) is 0 Å². The van der Waals surface area contributed by atoms with Crippen molar-refractivity contribution in [3.05, 3.63) is 75.7 Å². The first-order chi connectivity index (χ1) is 15.5. The number of benzene rings is 2. The molecule has 0 fully saturated rings. The highest BCUT2D eigenvalue weighted by atomic mass is 32.1. The summed E-state index contributed by atoms with van der Waals surface area (Å²) in [5.41, 5.74) is 2.48. The van der Waals surface area contributed by atoms with E-state index in [0.29, 0.717) is 28.3 Å². The highest BCUT2D eigenvalue weighted by molar-refractivity contribution is 7.19. The Bertz CT molecular complexity index is 1330. The fraction of sp³-hybridized carbons (Fsp3) is 0.208. The van der Waals surface area contributed by atoms with E-state index in [9.17, 15) is 9.59 Å². The molecule has 0 saturated carbocycles. The number of methoxy groups -OCH3 is 2. The van der Waals surface area contributed by atoms with E-state index in [1.165, 1.54) is 22.2 Å². The predicted octanol–water partition coefficient (Wildman–Crippen LogP) is 3.77. The van der Waals surface area contributed by atoms with E-state index in [1.807, 2.05) is 43.3 Å². The molecule has 4 rings (SSSR count). The van der Waals surface area contributed by atoms with Crippen molar-refractivity contribution in [1.82, 2.24) is 14.9 Å². The SMILES string of the molecule is COc1ccc(CNC(=O)Cn2cnc3sc(C)c(-c4ccccc4)c3c2=O)cc1OC. The maximum atomic E-state index is 13.2. The molecule has 0 aliphatic heterocycles. The number of hydrogen-bond acceptors (Lipinski definition) is 6. The largest absolute Gasteiger partial charge is 0.493 e. The molecule has 164 valence electrons. The third kappa shape index (κ3) is 4.22. The minimum atomic E-state index is -0.281. The molecule has 2 aromatic heterocycles. The molecule has 32 heavy (non-hydrogen) atoms. The molecule has 7 nitrogen and oxygen atoms in total. The average molecular weight is 450 g/mol. The van der Waals surface area contributed by atoms with Crippen LogP contribution < -0.4 is 20.3 Å². The molecule has 1 N–H and O–H groups in total. The summed E-state index contributed by atoms with van der Waals surface area (Å²) in [6.07, 6.45) is 1.44. The Morgan fingerprint density at radius 3 is 2.56 bits per heavy atom. The number of hydrogen-bond donors (Lipinski definition) is 1. The Kier molecular flexibility index (Phi) is 6.23. The van der Waals surface area contributed by atoms with Crippen LogP contribution in [0.1, 0.15) is 10.4 Å². The van der Waals surface area contributed by atoms with Crippen molar-refractivity contribution in [2.75, 3.05) is 14.2 Å². The Labute approximate surface area is 189 Å². The number of aryl methyl sites for hydroxylation is 1. The molecule has 0 unspecified atom stereocenters. The van der Waals surface area contributed by atoms with Crippen LogP contribution in [0, 0.1) is 6.92 Å². The number of fused-ring (bicyclic) bond motifs is 1.